The second kappa shape index (κ2) is 5.62. The fraction of sp³-hybridized carbons (Fsp3) is 0.625. The van der Waals surface area contributed by atoms with Crippen LogP contribution in [0.25, 0.3) is 0 Å². The number of sulfonamides is 1. The molecule has 96 valence electrons. The Bertz CT molecular complexity index is 481. The van der Waals surface area contributed by atoms with Crippen LogP contribution in [0.1, 0.15) is 18.7 Å². The van der Waals surface area contributed by atoms with Gasteiger partial charge in [0.15, 0.2) is 0 Å². The number of rotatable bonds is 6. The van der Waals surface area contributed by atoms with Crippen LogP contribution in [0.2, 0.25) is 0 Å². The van der Waals surface area contributed by atoms with E-state index in [1.165, 1.54) is 7.11 Å². The van der Waals surface area contributed by atoms with Crippen molar-refractivity contribution < 1.29 is 22.4 Å². The number of aromatic nitrogens is 2. The molecule has 0 aliphatic rings. The summed E-state index contributed by atoms with van der Waals surface area (Å²) in [5.41, 5.74) is 0. The fourth-order valence-corrected chi connectivity index (χ4v) is 2.01. The minimum absolute atomic E-state index is 0.0419. The molecule has 8 nitrogen and oxygen atoms in total. The van der Waals surface area contributed by atoms with Crippen LogP contribution in [0.5, 0.6) is 0 Å². The number of anilines is 1. The molecule has 0 spiro atoms. The highest BCUT2D eigenvalue weighted by molar-refractivity contribution is 7.92. The molecule has 0 aromatic carbocycles. The zero-order chi connectivity index (χ0) is 12.9. The average molecular weight is 263 g/mol. The smallest absolute Gasteiger partial charge is 0.329 e. The second-order valence-electron chi connectivity index (χ2n) is 3.23. The van der Waals surface area contributed by atoms with E-state index in [-0.39, 0.29) is 30.5 Å². The van der Waals surface area contributed by atoms with Crippen LogP contribution >= 0.6 is 0 Å². The molecule has 0 unspecified atom stereocenters. The van der Waals surface area contributed by atoms with Gasteiger partial charge in [-0.25, -0.2) is 13.1 Å². The van der Waals surface area contributed by atoms with Crippen LogP contribution in [0.4, 0.5) is 6.01 Å². The Kier molecular flexibility index (Phi) is 4.44. The molecule has 1 aromatic heterocycles. The third-order valence-corrected chi connectivity index (χ3v) is 3.10. The number of ether oxygens (including phenoxy) is 1. The quantitative estimate of drug-likeness (QED) is 0.723. The fourth-order valence-electron chi connectivity index (χ4n) is 1.03. The van der Waals surface area contributed by atoms with E-state index in [2.05, 4.69) is 19.7 Å². The molecule has 0 aliphatic heterocycles. The molecule has 17 heavy (non-hydrogen) atoms. The topological polar surface area (TPSA) is 111 Å². The van der Waals surface area contributed by atoms with E-state index in [9.17, 15) is 13.2 Å². The number of hydrogen-bond donors (Lipinski definition) is 1. The normalized spacial score (nSPS) is 11.2. The summed E-state index contributed by atoms with van der Waals surface area (Å²) >= 11 is 0. The zero-order valence-electron chi connectivity index (χ0n) is 9.47. The van der Waals surface area contributed by atoms with Crippen LogP contribution in [0, 0.1) is 6.92 Å². The largest absolute Gasteiger partial charge is 0.469 e. The van der Waals surface area contributed by atoms with Gasteiger partial charge in [0.2, 0.25) is 15.9 Å². The molecule has 0 amide bonds. The van der Waals surface area contributed by atoms with Crippen LogP contribution in [0.15, 0.2) is 4.42 Å². The lowest BCUT2D eigenvalue weighted by Gasteiger charge is -2.03. The van der Waals surface area contributed by atoms with E-state index < -0.39 is 16.0 Å². The van der Waals surface area contributed by atoms with Crippen LogP contribution in [0.3, 0.4) is 0 Å². The summed E-state index contributed by atoms with van der Waals surface area (Å²) in [5.74, 6) is -0.408. The first-order chi connectivity index (χ1) is 7.93. The molecule has 1 heterocycles. The van der Waals surface area contributed by atoms with Gasteiger partial charge in [-0.3, -0.25) is 4.79 Å². The average Bonchev–Trinajstić information content (AvgIpc) is 2.62. The van der Waals surface area contributed by atoms with Gasteiger partial charge in [-0.15, -0.1) is 5.10 Å². The van der Waals surface area contributed by atoms with E-state index in [1.807, 2.05) is 0 Å². The van der Waals surface area contributed by atoms with E-state index in [4.69, 9.17) is 4.42 Å². The molecule has 0 saturated carbocycles. The summed E-state index contributed by atoms with van der Waals surface area (Å²) in [6.07, 6.45) is 0.204. The zero-order valence-corrected chi connectivity index (χ0v) is 10.3. The number of carbonyl (C=O) groups excluding carboxylic acids is 1. The van der Waals surface area contributed by atoms with Crippen LogP contribution in [-0.2, 0) is 19.6 Å². The monoisotopic (exact) mass is 263 g/mol. The summed E-state index contributed by atoms with van der Waals surface area (Å²) in [4.78, 5) is 10.8. The Balaban J connectivity index is 2.44. The van der Waals surface area contributed by atoms with Gasteiger partial charge in [0.05, 0.1) is 12.9 Å². The predicted molar refractivity (Wildman–Crippen MR) is 57.7 cm³/mol. The van der Waals surface area contributed by atoms with E-state index in [0.717, 1.165) is 0 Å². The van der Waals surface area contributed by atoms with Gasteiger partial charge < -0.3 is 9.15 Å². The van der Waals surface area contributed by atoms with E-state index in [0.29, 0.717) is 0 Å². The third-order valence-electron chi connectivity index (χ3n) is 1.79. The molecule has 9 heteroatoms. The number of aryl methyl sites for hydroxylation is 1. The van der Waals surface area contributed by atoms with Crippen molar-refractivity contribution in [3.63, 3.8) is 0 Å². The minimum Gasteiger partial charge on any atom is -0.469 e. The van der Waals surface area contributed by atoms with Gasteiger partial charge >= 0.3 is 12.0 Å². The van der Waals surface area contributed by atoms with Crippen LogP contribution in [-0.4, -0.2) is 37.4 Å². The maximum Gasteiger partial charge on any atom is 0.329 e. The highest BCUT2D eigenvalue weighted by Crippen LogP contribution is 2.07. The van der Waals surface area contributed by atoms with Gasteiger partial charge in [-0.05, 0) is 6.42 Å². The maximum atomic E-state index is 11.5. The SMILES string of the molecule is COC(=O)CCCS(=O)(=O)Nc1nnc(C)o1. The number of nitrogens with zero attached hydrogens (tertiary/aromatic N) is 2. The van der Waals surface area contributed by atoms with E-state index >= 15 is 0 Å². The lowest BCUT2D eigenvalue weighted by molar-refractivity contribution is -0.140. The number of carbonyl (C=O) groups is 1. The molecule has 0 atom stereocenters. The summed E-state index contributed by atoms with van der Waals surface area (Å²) in [7, 11) is -2.33. The second-order valence-corrected chi connectivity index (χ2v) is 5.07. The van der Waals surface area contributed by atoms with E-state index in [1.54, 1.807) is 6.92 Å². The van der Waals surface area contributed by atoms with Gasteiger partial charge in [0.25, 0.3) is 0 Å². The molecular formula is C8H13N3O5S. The predicted octanol–water partition coefficient (Wildman–Crippen LogP) is 0.0729. The van der Waals surface area contributed by atoms with Gasteiger partial charge in [0, 0.05) is 13.3 Å². The standard InChI is InChI=1S/C8H13N3O5S/c1-6-9-10-8(16-6)11-17(13,14)5-3-4-7(12)15-2/h3-5H2,1-2H3,(H,10,11). The Morgan fingerprint density at radius 1 is 1.47 bits per heavy atom. The molecule has 0 aliphatic carbocycles. The van der Waals surface area contributed by atoms with Gasteiger partial charge in [0.1, 0.15) is 0 Å². The highest BCUT2D eigenvalue weighted by atomic mass is 32.2. The van der Waals surface area contributed by atoms with Crippen molar-refractivity contribution in [1.82, 2.24) is 10.2 Å². The van der Waals surface area contributed by atoms with Crippen molar-refractivity contribution in [2.45, 2.75) is 19.8 Å². The summed E-state index contributed by atoms with van der Waals surface area (Å²) < 4.78 is 34.3. The number of methoxy groups -OCH3 is 1. The van der Waals surface area contributed by atoms with Crippen molar-refractivity contribution in [3.8, 4) is 0 Å². The summed E-state index contributed by atoms with van der Waals surface area (Å²) in [5, 5.41) is 6.97. The lowest BCUT2D eigenvalue weighted by atomic mass is 10.3. The van der Waals surface area contributed by atoms with Crippen molar-refractivity contribution in [1.29, 1.82) is 0 Å². The highest BCUT2D eigenvalue weighted by Gasteiger charge is 2.15. The number of hydrogen-bond acceptors (Lipinski definition) is 7. The van der Waals surface area contributed by atoms with Gasteiger partial charge in [-0.1, -0.05) is 5.10 Å². The third kappa shape index (κ3) is 4.81. The van der Waals surface area contributed by atoms with Crippen molar-refractivity contribution in [2.75, 3.05) is 17.6 Å². The Labute approximate surface area is 98.4 Å². The summed E-state index contributed by atoms with van der Waals surface area (Å²) in [6, 6.07) is -0.180. The Morgan fingerprint density at radius 3 is 2.71 bits per heavy atom. The molecule has 0 fully saturated rings. The molecule has 0 radical (unpaired) electrons. The number of esters is 1. The summed E-state index contributed by atoms with van der Waals surface area (Å²) in [6.45, 7) is 1.54. The van der Waals surface area contributed by atoms with Crippen molar-refractivity contribution in [2.24, 2.45) is 0 Å². The first kappa shape index (κ1) is 13.4. The molecular weight excluding hydrogens is 250 g/mol. The Morgan fingerprint density at radius 2 is 2.18 bits per heavy atom. The molecule has 0 bridgehead atoms. The lowest BCUT2D eigenvalue weighted by Crippen LogP contribution is -2.17. The van der Waals surface area contributed by atoms with Crippen molar-refractivity contribution >= 4 is 22.0 Å². The molecule has 1 aromatic rings. The maximum absolute atomic E-state index is 11.5. The first-order valence-electron chi connectivity index (χ1n) is 4.80. The Hall–Kier alpha value is -1.64. The first-order valence-corrected chi connectivity index (χ1v) is 6.45. The number of nitrogens with one attached hydrogen (secondary N) is 1. The minimum atomic E-state index is -3.58. The van der Waals surface area contributed by atoms with Gasteiger partial charge in [-0.2, -0.15) is 0 Å². The molecule has 1 N–H and O–H groups in total. The molecule has 1 rings (SSSR count). The van der Waals surface area contributed by atoms with Crippen LogP contribution < -0.4 is 4.72 Å². The van der Waals surface area contributed by atoms with Crippen molar-refractivity contribution in [3.05, 3.63) is 5.89 Å². The molecule has 0 saturated heterocycles.